The fourth-order valence-electron chi connectivity index (χ4n) is 2.57. The summed E-state index contributed by atoms with van der Waals surface area (Å²) in [5, 5.41) is 2.77. The molecule has 0 aliphatic carbocycles. The molecule has 0 aliphatic rings. The second-order valence-electron chi connectivity index (χ2n) is 6.16. The maximum Gasteiger partial charge on any atom is 0.344 e. The number of ether oxygens (including phenoxy) is 4. The van der Waals surface area contributed by atoms with Crippen LogP contribution in [-0.2, 0) is 14.3 Å². The van der Waals surface area contributed by atoms with Crippen LogP contribution in [0.15, 0.2) is 42.5 Å². The summed E-state index contributed by atoms with van der Waals surface area (Å²) in [7, 11) is 3.11. The molecule has 0 bridgehead atoms. The van der Waals surface area contributed by atoms with Gasteiger partial charge in [-0.2, -0.15) is 0 Å². The highest BCUT2D eigenvalue weighted by atomic mass is 16.6. The predicted molar refractivity (Wildman–Crippen MR) is 104 cm³/mol. The molecule has 7 heteroatoms. The molecule has 2 aromatic carbocycles. The monoisotopic (exact) mass is 387 g/mol. The molecule has 28 heavy (non-hydrogen) atoms. The van der Waals surface area contributed by atoms with Gasteiger partial charge in [-0.25, -0.2) is 4.79 Å². The lowest BCUT2D eigenvalue weighted by atomic mass is 10.1. The molecule has 1 N–H and O–H groups in total. The smallest absolute Gasteiger partial charge is 0.344 e. The Morgan fingerprint density at radius 1 is 1.00 bits per heavy atom. The van der Waals surface area contributed by atoms with E-state index in [1.54, 1.807) is 45.4 Å². The molecule has 0 saturated heterocycles. The summed E-state index contributed by atoms with van der Waals surface area (Å²) in [6.07, 6.45) is 0. The van der Waals surface area contributed by atoms with Crippen LogP contribution in [0.1, 0.15) is 24.1 Å². The second-order valence-corrected chi connectivity index (χ2v) is 6.16. The molecule has 0 fully saturated rings. The predicted octanol–water partition coefficient (Wildman–Crippen LogP) is 2.81. The van der Waals surface area contributed by atoms with Gasteiger partial charge in [0.2, 0.25) is 0 Å². The number of hydrogen-bond donors (Lipinski definition) is 1. The van der Waals surface area contributed by atoms with Crippen molar-refractivity contribution in [3.63, 3.8) is 0 Å². The first-order valence-electron chi connectivity index (χ1n) is 8.79. The molecule has 0 aromatic heterocycles. The Hall–Kier alpha value is -3.22. The first kappa shape index (κ1) is 21.1. The van der Waals surface area contributed by atoms with Crippen molar-refractivity contribution >= 4 is 11.9 Å². The van der Waals surface area contributed by atoms with Crippen molar-refractivity contribution < 1.29 is 28.5 Å². The van der Waals surface area contributed by atoms with E-state index in [0.717, 1.165) is 11.1 Å². The van der Waals surface area contributed by atoms with Crippen LogP contribution in [0.5, 0.6) is 17.2 Å². The molecule has 1 unspecified atom stereocenters. The number of hydrogen-bond acceptors (Lipinski definition) is 6. The molecule has 150 valence electrons. The van der Waals surface area contributed by atoms with Crippen molar-refractivity contribution in [2.45, 2.75) is 19.9 Å². The van der Waals surface area contributed by atoms with E-state index in [-0.39, 0.29) is 12.6 Å². The molecule has 0 radical (unpaired) electrons. The first-order chi connectivity index (χ1) is 13.4. The molecule has 2 rings (SSSR count). The Morgan fingerprint density at radius 3 is 2.46 bits per heavy atom. The number of rotatable bonds is 9. The van der Waals surface area contributed by atoms with Gasteiger partial charge in [0, 0.05) is 5.56 Å². The van der Waals surface area contributed by atoms with E-state index in [9.17, 15) is 9.59 Å². The SMILES string of the molecule is COc1ccc(OC)c(C(C)NC(=O)COC(=O)COc2cccc(C)c2)c1. The van der Waals surface area contributed by atoms with Crippen LogP contribution in [0.3, 0.4) is 0 Å². The summed E-state index contributed by atoms with van der Waals surface area (Å²) >= 11 is 0. The third kappa shape index (κ3) is 6.19. The first-order valence-corrected chi connectivity index (χ1v) is 8.79. The summed E-state index contributed by atoms with van der Waals surface area (Å²) < 4.78 is 20.8. The van der Waals surface area contributed by atoms with Crippen LogP contribution in [0.4, 0.5) is 0 Å². The van der Waals surface area contributed by atoms with Crippen molar-refractivity contribution in [3.05, 3.63) is 53.6 Å². The number of nitrogens with one attached hydrogen (secondary N) is 1. The molecule has 7 nitrogen and oxygen atoms in total. The summed E-state index contributed by atoms with van der Waals surface area (Å²) in [6, 6.07) is 12.3. The lowest BCUT2D eigenvalue weighted by molar-refractivity contribution is -0.150. The lowest BCUT2D eigenvalue weighted by Crippen LogP contribution is -2.32. The van der Waals surface area contributed by atoms with Gasteiger partial charge in [0.05, 0.1) is 20.3 Å². The summed E-state index contributed by atoms with van der Waals surface area (Å²) in [6.45, 7) is 3.06. The summed E-state index contributed by atoms with van der Waals surface area (Å²) in [5.41, 5.74) is 1.77. The molecule has 0 heterocycles. The van der Waals surface area contributed by atoms with Crippen molar-refractivity contribution in [1.29, 1.82) is 0 Å². The largest absolute Gasteiger partial charge is 0.497 e. The molecular weight excluding hydrogens is 362 g/mol. The molecule has 0 spiro atoms. The fourth-order valence-corrected chi connectivity index (χ4v) is 2.57. The Bertz CT molecular complexity index is 820. The average Bonchev–Trinajstić information content (AvgIpc) is 2.70. The normalized spacial score (nSPS) is 11.3. The van der Waals surface area contributed by atoms with Gasteiger partial charge in [0.1, 0.15) is 17.2 Å². The van der Waals surface area contributed by atoms with Crippen LogP contribution in [0, 0.1) is 6.92 Å². The Labute approximate surface area is 164 Å². The summed E-state index contributed by atoms with van der Waals surface area (Å²) in [5.74, 6) is 0.790. The molecule has 0 saturated carbocycles. The zero-order valence-corrected chi connectivity index (χ0v) is 16.5. The Kier molecular flexibility index (Phi) is 7.68. The quantitative estimate of drug-likeness (QED) is 0.666. The van der Waals surface area contributed by atoms with E-state index in [0.29, 0.717) is 17.2 Å². The maximum atomic E-state index is 12.1. The van der Waals surface area contributed by atoms with Crippen molar-refractivity contribution in [2.75, 3.05) is 27.4 Å². The molecule has 1 amide bonds. The molecule has 0 aliphatic heterocycles. The van der Waals surface area contributed by atoms with Crippen LogP contribution < -0.4 is 19.5 Å². The van der Waals surface area contributed by atoms with E-state index < -0.39 is 18.5 Å². The third-order valence-electron chi connectivity index (χ3n) is 3.99. The number of methoxy groups -OCH3 is 2. The van der Waals surface area contributed by atoms with Crippen LogP contribution in [0.25, 0.3) is 0 Å². The number of benzene rings is 2. The van der Waals surface area contributed by atoms with Gasteiger partial charge in [-0.1, -0.05) is 12.1 Å². The van der Waals surface area contributed by atoms with Gasteiger partial charge in [-0.15, -0.1) is 0 Å². The van der Waals surface area contributed by atoms with E-state index >= 15 is 0 Å². The Balaban J connectivity index is 1.82. The highest BCUT2D eigenvalue weighted by Crippen LogP contribution is 2.29. The fraction of sp³-hybridized carbons (Fsp3) is 0.333. The van der Waals surface area contributed by atoms with E-state index in [1.807, 2.05) is 25.1 Å². The van der Waals surface area contributed by atoms with Gasteiger partial charge >= 0.3 is 5.97 Å². The zero-order valence-electron chi connectivity index (χ0n) is 16.5. The third-order valence-corrected chi connectivity index (χ3v) is 3.99. The summed E-state index contributed by atoms with van der Waals surface area (Å²) in [4.78, 5) is 23.9. The lowest BCUT2D eigenvalue weighted by Gasteiger charge is -2.18. The number of carbonyl (C=O) groups is 2. The minimum atomic E-state index is -0.622. The van der Waals surface area contributed by atoms with Gasteiger partial charge < -0.3 is 24.3 Å². The number of esters is 1. The van der Waals surface area contributed by atoms with Crippen LogP contribution >= 0.6 is 0 Å². The van der Waals surface area contributed by atoms with Gasteiger partial charge in [-0.3, -0.25) is 4.79 Å². The highest BCUT2D eigenvalue weighted by Gasteiger charge is 2.16. The standard InChI is InChI=1S/C21H25NO6/c1-14-6-5-7-17(10-14)27-13-21(24)28-12-20(23)22-15(2)18-11-16(25-3)8-9-19(18)26-4/h5-11,15H,12-13H2,1-4H3,(H,22,23). The number of aryl methyl sites for hydroxylation is 1. The maximum absolute atomic E-state index is 12.1. The Morgan fingerprint density at radius 2 is 1.79 bits per heavy atom. The van der Waals surface area contributed by atoms with Crippen LogP contribution in [-0.4, -0.2) is 39.3 Å². The van der Waals surface area contributed by atoms with E-state index in [4.69, 9.17) is 18.9 Å². The number of amides is 1. The molecule has 2 aromatic rings. The van der Waals surface area contributed by atoms with E-state index in [2.05, 4.69) is 5.32 Å². The van der Waals surface area contributed by atoms with Crippen molar-refractivity contribution in [3.8, 4) is 17.2 Å². The van der Waals surface area contributed by atoms with Gasteiger partial charge in [-0.05, 0) is 49.7 Å². The number of carbonyl (C=O) groups excluding carboxylic acids is 2. The zero-order chi connectivity index (χ0) is 20.5. The van der Waals surface area contributed by atoms with Crippen molar-refractivity contribution in [1.82, 2.24) is 5.32 Å². The minimum absolute atomic E-state index is 0.268. The van der Waals surface area contributed by atoms with Gasteiger partial charge in [0.25, 0.3) is 5.91 Å². The van der Waals surface area contributed by atoms with Gasteiger partial charge in [0.15, 0.2) is 13.2 Å². The highest BCUT2D eigenvalue weighted by molar-refractivity contribution is 5.81. The topological polar surface area (TPSA) is 83.1 Å². The molecule has 1 atom stereocenters. The second kappa shape index (κ2) is 10.2. The van der Waals surface area contributed by atoms with E-state index in [1.165, 1.54) is 0 Å². The minimum Gasteiger partial charge on any atom is -0.497 e. The molecular formula is C21H25NO6. The van der Waals surface area contributed by atoms with Crippen LogP contribution in [0.2, 0.25) is 0 Å². The van der Waals surface area contributed by atoms with Crippen molar-refractivity contribution in [2.24, 2.45) is 0 Å². The average molecular weight is 387 g/mol.